The molecule has 1 aliphatic rings. The molecule has 6 heteroatoms. The summed E-state index contributed by atoms with van der Waals surface area (Å²) < 4.78 is 4.67. The van der Waals surface area contributed by atoms with Gasteiger partial charge in [-0.1, -0.05) is 5.92 Å². The van der Waals surface area contributed by atoms with Gasteiger partial charge in [0.05, 0.1) is 0 Å². The average Bonchev–Trinajstić information content (AvgIpc) is 2.50. The van der Waals surface area contributed by atoms with Crippen LogP contribution < -0.4 is 0 Å². The number of imide groups is 1. The first-order valence-electron chi connectivity index (χ1n) is 4.23. The molecule has 0 N–H and O–H groups in total. The monoisotopic (exact) mass is 211 g/mol. The van der Waals surface area contributed by atoms with Gasteiger partial charge in [-0.25, -0.2) is 4.79 Å². The van der Waals surface area contributed by atoms with E-state index in [0.717, 1.165) is 0 Å². The number of nitrogens with zero attached hydrogens (tertiary/aromatic N) is 1. The fourth-order valence-electron chi connectivity index (χ4n) is 0.979. The van der Waals surface area contributed by atoms with Crippen LogP contribution in [0.25, 0.3) is 0 Å². The first-order valence-corrected chi connectivity index (χ1v) is 4.23. The number of rotatable bonds is 4. The Kier molecular flexibility index (Phi) is 3.83. The lowest BCUT2D eigenvalue weighted by molar-refractivity contribution is -0.200. The molecule has 1 aliphatic heterocycles. The maximum absolute atomic E-state index is 11.0. The Morgan fingerprint density at radius 3 is 2.53 bits per heavy atom. The predicted octanol–water partition coefficient (Wildman–Crippen LogP) is -0.757. The zero-order valence-electron chi connectivity index (χ0n) is 7.89. The molecule has 0 spiro atoms. The number of carbonyl (C=O) groups excluding carboxylic acids is 3. The van der Waals surface area contributed by atoms with Crippen LogP contribution in [-0.2, 0) is 24.0 Å². The first-order chi connectivity index (χ1) is 7.15. The van der Waals surface area contributed by atoms with Crippen molar-refractivity contribution in [2.24, 2.45) is 0 Å². The Morgan fingerprint density at radius 1 is 1.40 bits per heavy atom. The number of ether oxygens (including phenoxy) is 1. The molecule has 1 fully saturated rings. The molecule has 80 valence electrons. The molecule has 0 aromatic carbocycles. The summed E-state index contributed by atoms with van der Waals surface area (Å²) in [6.45, 7) is -0.418. The minimum absolute atomic E-state index is 0.0308. The van der Waals surface area contributed by atoms with Gasteiger partial charge < -0.3 is 9.57 Å². The zero-order valence-corrected chi connectivity index (χ0v) is 7.89. The highest BCUT2D eigenvalue weighted by Crippen LogP contribution is 2.11. The molecule has 0 saturated carbocycles. The summed E-state index contributed by atoms with van der Waals surface area (Å²) in [7, 11) is 0. The van der Waals surface area contributed by atoms with Crippen molar-refractivity contribution in [3.05, 3.63) is 0 Å². The number of hydrogen-bond acceptors (Lipinski definition) is 5. The highest BCUT2D eigenvalue weighted by atomic mass is 16.7. The van der Waals surface area contributed by atoms with Crippen LogP contribution in [0.5, 0.6) is 0 Å². The van der Waals surface area contributed by atoms with E-state index in [4.69, 9.17) is 6.42 Å². The third-order valence-corrected chi connectivity index (χ3v) is 1.60. The average molecular weight is 211 g/mol. The van der Waals surface area contributed by atoms with Crippen molar-refractivity contribution in [2.45, 2.75) is 12.8 Å². The molecule has 6 nitrogen and oxygen atoms in total. The highest BCUT2D eigenvalue weighted by Gasteiger charge is 2.32. The summed E-state index contributed by atoms with van der Waals surface area (Å²) in [5.74, 6) is 0.286. The lowest BCUT2D eigenvalue weighted by Crippen LogP contribution is -2.33. The third-order valence-electron chi connectivity index (χ3n) is 1.60. The van der Waals surface area contributed by atoms with Crippen LogP contribution >= 0.6 is 0 Å². The molecule has 0 aromatic heterocycles. The van der Waals surface area contributed by atoms with Crippen LogP contribution in [-0.4, -0.2) is 36.1 Å². The minimum atomic E-state index is -0.825. The van der Waals surface area contributed by atoms with Crippen LogP contribution in [0, 0.1) is 12.3 Å². The topological polar surface area (TPSA) is 72.9 Å². The van der Waals surface area contributed by atoms with Gasteiger partial charge >= 0.3 is 5.97 Å². The Bertz CT molecular complexity index is 314. The van der Waals surface area contributed by atoms with Crippen molar-refractivity contribution in [3.63, 3.8) is 0 Å². The van der Waals surface area contributed by atoms with Crippen LogP contribution in [0.4, 0.5) is 0 Å². The fraction of sp³-hybridized carbons (Fsp3) is 0.444. The van der Waals surface area contributed by atoms with E-state index in [1.165, 1.54) is 0 Å². The largest absolute Gasteiger partial charge is 0.358 e. The molecule has 1 rings (SSSR count). The molecule has 2 amide bonds. The Morgan fingerprint density at radius 2 is 2.00 bits per heavy atom. The summed E-state index contributed by atoms with van der Waals surface area (Å²) >= 11 is 0. The van der Waals surface area contributed by atoms with Gasteiger partial charge in [-0.2, -0.15) is 0 Å². The normalized spacial score (nSPS) is 15.3. The molecular formula is C9H9NO5. The maximum Gasteiger partial charge on any atom is 0.358 e. The highest BCUT2D eigenvalue weighted by molar-refractivity contribution is 6.01. The SMILES string of the molecule is C#CCOCC(=O)ON1C(=O)CCC1=O. The molecule has 15 heavy (non-hydrogen) atoms. The number of amides is 2. The van der Waals surface area contributed by atoms with E-state index >= 15 is 0 Å². The van der Waals surface area contributed by atoms with Crippen molar-refractivity contribution < 1.29 is 24.0 Å². The summed E-state index contributed by atoms with van der Waals surface area (Å²) in [6.07, 6.45) is 5.01. The Labute approximate surface area is 86.1 Å². The smallest absolute Gasteiger partial charge is 0.357 e. The van der Waals surface area contributed by atoms with Gasteiger partial charge in [-0.3, -0.25) is 9.59 Å². The van der Waals surface area contributed by atoms with E-state index in [2.05, 4.69) is 15.5 Å². The van der Waals surface area contributed by atoms with Crippen molar-refractivity contribution in [1.82, 2.24) is 5.06 Å². The molecular weight excluding hydrogens is 202 g/mol. The van der Waals surface area contributed by atoms with E-state index < -0.39 is 17.8 Å². The van der Waals surface area contributed by atoms with Crippen molar-refractivity contribution in [1.29, 1.82) is 0 Å². The minimum Gasteiger partial charge on any atom is -0.357 e. The summed E-state index contributed by atoms with van der Waals surface area (Å²) in [6, 6.07) is 0. The van der Waals surface area contributed by atoms with Gasteiger partial charge in [-0.05, 0) is 0 Å². The number of terminal acetylenes is 1. The molecule has 0 radical (unpaired) electrons. The predicted molar refractivity (Wildman–Crippen MR) is 46.8 cm³/mol. The lowest BCUT2D eigenvalue weighted by Gasteiger charge is -2.11. The molecule has 1 saturated heterocycles. The second-order valence-electron chi connectivity index (χ2n) is 2.74. The van der Waals surface area contributed by atoms with E-state index in [-0.39, 0.29) is 26.1 Å². The Balaban J connectivity index is 2.34. The standard InChI is InChI=1S/C9H9NO5/c1-2-5-14-6-9(13)15-10-7(11)3-4-8(10)12/h1H,3-6H2. The second-order valence-corrected chi connectivity index (χ2v) is 2.74. The van der Waals surface area contributed by atoms with Crippen LogP contribution in [0.3, 0.4) is 0 Å². The first kappa shape index (κ1) is 11.2. The van der Waals surface area contributed by atoms with Gasteiger partial charge in [0.2, 0.25) is 0 Å². The number of hydrogen-bond donors (Lipinski definition) is 0. The van der Waals surface area contributed by atoms with Gasteiger partial charge in [0, 0.05) is 12.8 Å². The van der Waals surface area contributed by atoms with E-state index in [0.29, 0.717) is 5.06 Å². The summed E-state index contributed by atoms with van der Waals surface area (Å²) in [5, 5.41) is 0.460. The quantitative estimate of drug-likeness (QED) is 0.347. The van der Waals surface area contributed by atoms with Gasteiger partial charge in [0.15, 0.2) is 0 Å². The van der Waals surface area contributed by atoms with Crippen molar-refractivity contribution in [3.8, 4) is 12.3 Å². The zero-order chi connectivity index (χ0) is 11.3. The molecule has 0 bridgehead atoms. The van der Waals surface area contributed by atoms with Crippen molar-refractivity contribution >= 4 is 17.8 Å². The fourth-order valence-corrected chi connectivity index (χ4v) is 0.979. The van der Waals surface area contributed by atoms with Crippen molar-refractivity contribution in [2.75, 3.05) is 13.2 Å². The lowest BCUT2D eigenvalue weighted by atomic mass is 10.4. The number of hydroxylamine groups is 2. The van der Waals surface area contributed by atoms with Crippen LogP contribution in [0.2, 0.25) is 0 Å². The summed E-state index contributed by atoms with van der Waals surface area (Å²) in [4.78, 5) is 37.5. The number of carbonyl (C=O) groups is 3. The Hall–Kier alpha value is -1.87. The maximum atomic E-state index is 11.0. The second kappa shape index (κ2) is 5.12. The van der Waals surface area contributed by atoms with E-state index in [1.807, 2.05) is 0 Å². The van der Waals surface area contributed by atoms with E-state index in [1.54, 1.807) is 0 Å². The van der Waals surface area contributed by atoms with Crippen LogP contribution in [0.1, 0.15) is 12.8 Å². The molecule has 0 aliphatic carbocycles. The summed E-state index contributed by atoms with van der Waals surface area (Å²) in [5.41, 5.74) is 0. The van der Waals surface area contributed by atoms with Crippen LogP contribution in [0.15, 0.2) is 0 Å². The molecule has 0 atom stereocenters. The van der Waals surface area contributed by atoms with Gasteiger partial charge in [0.25, 0.3) is 11.8 Å². The van der Waals surface area contributed by atoms with E-state index in [9.17, 15) is 14.4 Å². The molecule has 0 aromatic rings. The van der Waals surface area contributed by atoms with Gasteiger partial charge in [-0.15, -0.1) is 11.5 Å². The molecule has 1 heterocycles. The van der Waals surface area contributed by atoms with Gasteiger partial charge in [0.1, 0.15) is 13.2 Å². The molecule has 0 unspecified atom stereocenters. The third kappa shape index (κ3) is 3.07.